The predicted molar refractivity (Wildman–Crippen MR) is 105 cm³/mol. The maximum Gasteiger partial charge on any atom is 0.328 e. The zero-order chi connectivity index (χ0) is 18.8. The lowest BCUT2D eigenvalue weighted by molar-refractivity contribution is 0.249. The number of nitrogens with one attached hydrogen (secondary N) is 2. The molecule has 2 heterocycles. The molecule has 1 saturated heterocycles. The number of urea groups is 1. The van der Waals surface area contributed by atoms with Crippen LogP contribution in [0.15, 0.2) is 16.9 Å². The lowest BCUT2D eigenvalue weighted by atomic mass is 10.2. The molecule has 1 aliphatic rings. The minimum Gasteiger partial charge on any atom is -0.376 e. The normalized spacial score (nSPS) is 14.8. The van der Waals surface area contributed by atoms with Crippen molar-refractivity contribution in [1.82, 2.24) is 19.4 Å². The highest BCUT2D eigenvalue weighted by Crippen LogP contribution is 2.29. The summed E-state index contributed by atoms with van der Waals surface area (Å²) in [6.45, 7) is 3.73. The predicted octanol–water partition coefficient (Wildman–Crippen LogP) is 1.16. The number of fused-ring (bicyclic) bond motifs is 1. The Hall–Kier alpha value is -2.48. The Morgan fingerprint density at radius 1 is 1.12 bits per heavy atom. The summed E-state index contributed by atoms with van der Waals surface area (Å²) in [6, 6.07) is 3.55. The average molecular weight is 360 g/mol. The third-order valence-electron chi connectivity index (χ3n) is 5.03. The summed E-state index contributed by atoms with van der Waals surface area (Å²) < 4.78 is 3.20. The summed E-state index contributed by atoms with van der Waals surface area (Å²) in [5.41, 5.74) is 3.07. The third-order valence-corrected chi connectivity index (χ3v) is 5.03. The first kappa shape index (κ1) is 18.3. The number of nitrogens with zero attached hydrogens (tertiary/aromatic N) is 4. The van der Waals surface area contributed by atoms with E-state index in [0.717, 1.165) is 36.4 Å². The fraction of sp³-hybridized carbons (Fsp3) is 0.556. The van der Waals surface area contributed by atoms with E-state index in [0.29, 0.717) is 12.2 Å². The van der Waals surface area contributed by atoms with Crippen LogP contribution in [0.3, 0.4) is 0 Å². The fourth-order valence-corrected chi connectivity index (χ4v) is 3.50. The van der Waals surface area contributed by atoms with Crippen molar-refractivity contribution in [3.63, 3.8) is 0 Å². The van der Waals surface area contributed by atoms with E-state index in [-0.39, 0.29) is 11.7 Å². The van der Waals surface area contributed by atoms with Gasteiger partial charge in [0.2, 0.25) is 0 Å². The number of anilines is 2. The number of amides is 2. The van der Waals surface area contributed by atoms with Crippen LogP contribution in [0.1, 0.15) is 12.8 Å². The summed E-state index contributed by atoms with van der Waals surface area (Å²) >= 11 is 0. The van der Waals surface area contributed by atoms with Crippen molar-refractivity contribution in [2.24, 2.45) is 14.1 Å². The lowest BCUT2D eigenvalue weighted by Crippen LogP contribution is -2.36. The summed E-state index contributed by atoms with van der Waals surface area (Å²) in [4.78, 5) is 28.8. The number of aryl methyl sites for hydroxylation is 2. The summed E-state index contributed by atoms with van der Waals surface area (Å²) in [7, 11) is 7.32. The Bertz CT molecular complexity index is 861. The minimum absolute atomic E-state index is 0.0862. The molecule has 8 nitrogen and oxygen atoms in total. The number of aromatic nitrogens is 2. The molecular weight excluding hydrogens is 332 g/mol. The summed E-state index contributed by atoms with van der Waals surface area (Å²) in [5.74, 6) is 0. The van der Waals surface area contributed by atoms with Crippen molar-refractivity contribution in [2.75, 3.05) is 50.5 Å². The number of carbonyl (C=O) groups is 1. The smallest absolute Gasteiger partial charge is 0.328 e. The second kappa shape index (κ2) is 7.41. The van der Waals surface area contributed by atoms with Crippen LogP contribution in [0.5, 0.6) is 0 Å². The van der Waals surface area contributed by atoms with Crippen molar-refractivity contribution < 1.29 is 4.79 Å². The third kappa shape index (κ3) is 3.55. The van der Waals surface area contributed by atoms with E-state index < -0.39 is 0 Å². The fourth-order valence-electron chi connectivity index (χ4n) is 3.50. The van der Waals surface area contributed by atoms with Crippen LogP contribution in [0.25, 0.3) is 11.0 Å². The SMILES string of the molecule is CN(C)c1cc2c(cc1NC(=O)NCCN1CCCC1)n(C)c(=O)n2C. The second-order valence-corrected chi connectivity index (χ2v) is 7.08. The van der Waals surface area contributed by atoms with Gasteiger partial charge in [-0.2, -0.15) is 0 Å². The number of hydrogen-bond acceptors (Lipinski definition) is 4. The summed E-state index contributed by atoms with van der Waals surface area (Å²) in [6.07, 6.45) is 2.49. The van der Waals surface area contributed by atoms with Gasteiger partial charge in [-0.1, -0.05) is 0 Å². The van der Waals surface area contributed by atoms with Crippen molar-refractivity contribution in [3.05, 3.63) is 22.6 Å². The van der Waals surface area contributed by atoms with Crippen LogP contribution < -0.4 is 21.2 Å². The molecule has 0 radical (unpaired) electrons. The number of carbonyl (C=O) groups excluding carboxylic acids is 1. The van der Waals surface area contributed by atoms with Gasteiger partial charge in [0.1, 0.15) is 0 Å². The molecule has 1 fully saturated rings. The first-order valence-corrected chi connectivity index (χ1v) is 9.02. The zero-order valence-electron chi connectivity index (χ0n) is 16.0. The van der Waals surface area contributed by atoms with Crippen molar-refractivity contribution in [2.45, 2.75) is 12.8 Å². The van der Waals surface area contributed by atoms with Gasteiger partial charge in [0.15, 0.2) is 0 Å². The molecular formula is C18H28N6O2. The Kier molecular flexibility index (Phi) is 5.22. The first-order chi connectivity index (χ1) is 12.4. The van der Waals surface area contributed by atoms with Crippen LogP contribution in [-0.2, 0) is 14.1 Å². The van der Waals surface area contributed by atoms with E-state index in [1.807, 2.05) is 31.1 Å². The zero-order valence-corrected chi connectivity index (χ0v) is 16.0. The molecule has 2 amide bonds. The minimum atomic E-state index is -0.229. The summed E-state index contributed by atoms with van der Waals surface area (Å²) in [5, 5.41) is 5.85. The van der Waals surface area contributed by atoms with Crippen LogP contribution in [0.2, 0.25) is 0 Å². The van der Waals surface area contributed by atoms with Gasteiger partial charge in [-0.05, 0) is 38.1 Å². The molecule has 3 rings (SSSR count). The standard InChI is InChI=1S/C18H28N6O2/c1-21(2)14-12-16-15(22(3)18(26)23(16)4)11-13(14)20-17(25)19-7-10-24-8-5-6-9-24/h11-12H,5-10H2,1-4H3,(H2,19,20,25). The number of benzene rings is 1. The van der Waals surface area contributed by atoms with Gasteiger partial charge in [0, 0.05) is 41.3 Å². The molecule has 0 spiro atoms. The molecule has 0 aliphatic carbocycles. The quantitative estimate of drug-likeness (QED) is 0.839. The van der Waals surface area contributed by atoms with Gasteiger partial charge in [-0.25, -0.2) is 9.59 Å². The largest absolute Gasteiger partial charge is 0.376 e. The maximum atomic E-state index is 12.3. The van der Waals surface area contributed by atoms with E-state index in [9.17, 15) is 9.59 Å². The molecule has 1 aromatic heterocycles. The van der Waals surface area contributed by atoms with E-state index in [1.54, 1.807) is 23.2 Å². The lowest BCUT2D eigenvalue weighted by Gasteiger charge is -2.19. The van der Waals surface area contributed by atoms with E-state index in [2.05, 4.69) is 15.5 Å². The number of imidazole rings is 1. The van der Waals surface area contributed by atoms with Crippen LogP contribution in [-0.4, -0.2) is 60.3 Å². The average Bonchev–Trinajstić information content (AvgIpc) is 3.18. The molecule has 1 aromatic carbocycles. The van der Waals surface area contributed by atoms with Gasteiger partial charge in [-0.3, -0.25) is 9.13 Å². The molecule has 2 aromatic rings. The van der Waals surface area contributed by atoms with Crippen molar-refractivity contribution in [1.29, 1.82) is 0 Å². The molecule has 0 saturated carbocycles. The highest BCUT2D eigenvalue weighted by atomic mass is 16.2. The molecule has 0 unspecified atom stereocenters. The van der Waals surface area contributed by atoms with Gasteiger partial charge in [0.05, 0.1) is 22.4 Å². The van der Waals surface area contributed by atoms with Crippen LogP contribution in [0, 0.1) is 0 Å². The number of rotatable bonds is 5. The molecule has 0 bridgehead atoms. The van der Waals surface area contributed by atoms with E-state index >= 15 is 0 Å². The molecule has 2 N–H and O–H groups in total. The van der Waals surface area contributed by atoms with Gasteiger partial charge in [0.25, 0.3) is 0 Å². The van der Waals surface area contributed by atoms with Gasteiger partial charge >= 0.3 is 11.7 Å². The Labute approximate surface area is 153 Å². The molecule has 142 valence electrons. The molecule has 0 atom stereocenters. The Balaban J connectivity index is 1.77. The maximum absolute atomic E-state index is 12.3. The number of likely N-dealkylation sites (tertiary alicyclic amines) is 1. The molecule has 8 heteroatoms. The van der Waals surface area contributed by atoms with Gasteiger partial charge in [-0.15, -0.1) is 0 Å². The Morgan fingerprint density at radius 2 is 1.73 bits per heavy atom. The van der Waals surface area contributed by atoms with Gasteiger partial charge < -0.3 is 20.4 Å². The first-order valence-electron chi connectivity index (χ1n) is 9.02. The number of hydrogen-bond donors (Lipinski definition) is 2. The highest BCUT2D eigenvalue weighted by Gasteiger charge is 2.16. The monoisotopic (exact) mass is 360 g/mol. The van der Waals surface area contributed by atoms with Crippen molar-refractivity contribution >= 4 is 28.4 Å². The van der Waals surface area contributed by atoms with Crippen LogP contribution in [0.4, 0.5) is 16.2 Å². The van der Waals surface area contributed by atoms with E-state index in [1.165, 1.54) is 12.8 Å². The Morgan fingerprint density at radius 3 is 2.35 bits per heavy atom. The van der Waals surface area contributed by atoms with Crippen LogP contribution >= 0.6 is 0 Å². The highest BCUT2D eigenvalue weighted by molar-refractivity contribution is 5.97. The van der Waals surface area contributed by atoms with E-state index in [4.69, 9.17) is 0 Å². The second-order valence-electron chi connectivity index (χ2n) is 7.08. The molecule has 26 heavy (non-hydrogen) atoms. The topological polar surface area (TPSA) is 74.5 Å². The van der Waals surface area contributed by atoms with Crippen molar-refractivity contribution in [3.8, 4) is 0 Å². The molecule has 1 aliphatic heterocycles.